The van der Waals surface area contributed by atoms with Crippen molar-refractivity contribution in [1.82, 2.24) is 5.32 Å². The molecule has 1 saturated carbocycles. The lowest BCUT2D eigenvalue weighted by Crippen LogP contribution is -2.33. The molecule has 110 valence electrons. The summed E-state index contributed by atoms with van der Waals surface area (Å²) in [5.74, 6) is 1.07. The molecule has 1 N–H and O–H groups in total. The summed E-state index contributed by atoms with van der Waals surface area (Å²) in [6.07, 6.45) is 8.46. The minimum absolute atomic E-state index is 0.648. The monoisotopic (exact) mass is 311 g/mol. The van der Waals surface area contributed by atoms with Crippen molar-refractivity contribution in [2.75, 3.05) is 12.9 Å². The lowest BCUT2D eigenvalue weighted by molar-refractivity contribution is 0.346. The first-order valence-corrected chi connectivity index (χ1v) is 9.13. The number of ether oxygens (including phenoxy) is 1. The summed E-state index contributed by atoms with van der Waals surface area (Å²) in [7, 11) is 0. The van der Waals surface area contributed by atoms with Crippen LogP contribution in [0.2, 0.25) is 5.02 Å². The first kappa shape index (κ1) is 14.6. The summed E-state index contributed by atoms with van der Waals surface area (Å²) >= 11 is 8.22. The molecule has 0 atom stereocenters. The van der Waals surface area contributed by atoms with Gasteiger partial charge in [-0.2, -0.15) is 11.8 Å². The summed E-state index contributed by atoms with van der Waals surface area (Å²) in [5.41, 5.74) is 2.48. The molecular formula is C16H22ClNOS. The van der Waals surface area contributed by atoms with E-state index in [-0.39, 0.29) is 0 Å². The van der Waals surface area contributed by atoms with E-state index in [2.05, 4.69) is 11.6 Å². The summed E-state index contributed by atoms with van der Waals surface area (Å²) < 4.78 is 5.76. The fourth-order valence-electron chi connectivity index (χ4n) is 3.23. The Hall–Kier alpha value is -0.380. The Morgan fingerprint density at radius 3 is 2.85 bits per heavy atom. The maximum absolute atomic E-state index is 6.20. The van der Waals surface area contributed by atoms with Crippen molar-refractivity contribution in [3.8, 4) is 5.75 Å². The zero-order valence-electron chi connectivity index (χ0n) is 12.0. The van der Waals surface area contributed by atoms with Crippen molar-refractivity contribution in [3.05, 3.63) is 28.3 Å². The molecule has 4 heteroatoms. The number of hydrogen-bond acceptors (Lipinski definition) is 3. The molecule has 0 bridgehead atoms. The van der Waals surface area contributed by atoms with Crippen molar-refractivity contribution in [2.24, 2.45) is 0 Å². The molecule has 0 unspecified atom stereocenters. The van der Waals surface area contributed by atoms with E-state index >= 15 is 0 Å². The second-order valence-electron chi connectivity index (χ2n) is 5.74. The Labute approximate surface area is 130 Å². The molecular weight excluding hydrogens is 290 g/mol. The Morgan fingerprint density at radius 2 is 2.10 bits per heavy atom. The van der Waals surface area contributed by atoms with Gasteiger partial charge in [0.25, 0.3) is 0 Å². The van der Waals surface area contributed by atoms with Gasteiger partial charge < -0.3 is 10.1 Å². The minimum atomic E-state index is 0.648. The number of nitrogens with one attached hydrogen (secondary N) is 1. The smallest absolute Gasteiger partial charge is 0.127 e. The first-order chi connectivity index (χ1) is 9.76. The Kier molecular flexibility index (Phi) is 4.79. The van der Waals surface area contributed by atoms with Crippen LogP contribution in [0.25, 0.3) is 0 Å². The molecule has 2 nitrogen and oxygen atoms in total. The van der Waals surface area contributed by atoms with Gasteiger partial charge in [0.1, 0.15) is 5.75 Å². The number of halogens is 1. The first-order valence-electron chi connectivity index (χ1n) is 7.46. The molecule has 0 aromatic heterocycles. The van der Waals surface area contributed by atoms with Crippen LogP contribution in [0.3, 0.4) is 0 Å². The van der Waals surface area contributed by atoms with Gasteiger partial charge in [0, 0.05) is 34.8 Å². The normalized spacial score (nSPS) is 25.3. The van der Waals surface area contributed by atoms with Crippen LogP contribution < -0.4 is 10.1 Å². The average molecular weight is 312 g/mol. The molecule has 0 radical (unpaired) electrons. The summed E-state index contributed by atoms with van der Waals surface area (Å²) in [6.45, 7) is 1.67. The molecule has 1 aromatic rings. The highest BCUT2D eigenvalue weighted by molar-refractivity contribution is 7.99. The topological polar surface area (TPSA) is 21.3 Å². The lowest BCUT2D eigenvalue weighted by Gasteiger charge is -2.28. The molecule has 1 heterocycles. The Morgan fingerprint density at radius 1 is 1.30 bits per heavy atom. The SMILES string of the molecule is CSC1CCC(NCc2cc(Cl)cc3c2OCC3)CC1. The maximum atomic E-state index is 6.20. The fourth-order valence-corrected chi connectivity index (χ4v) is 4.24. The van der Waals surface area contributed by atoms with Crippen LogP contribution in [-0.4, -0.2) is 24.2 Å². The van der Waals surface area contributed by atoms with Crippen molar-refractivity contribution >= 4 is 23.4 Å². The highest BCUT2D eigenvalue weighted by Gasteiger charge is 2.22. The van der Waals surface area contributed by atoms with E-state index in [1.165, 1.54) is 36.8 Å². The lowest BCUT2D eigenvalue weighted by atomic mass is 9.94. The van der Waals surface area contributed by atoms with Crippen molar-refractivity contribution < 1.29 is 4.74 Å². The van der Waals surface area contributed by atoms with Crippen LogP contribution in [0.5, 0.6) is 5.75 Å². The van der Waals surface area contributed by atoms with Gasteiger partial charge in [-0.25, -0.2) is 0 Å². The largest absolute Gasteiger partial charge is 0.493 e. The Balaban J connectivity index is 1.59. The van der Waals surface area contributed by atoms with E-state index in [0.29, 0.717) is 6.04 Å². The highest BCUT2D eigenvalue weighted by Crippen LogP contribution is 2.33. The van der Waals surface area contributed by atoms with Crippen molar-refractivity contribution in [2.45, 2.75) is 49.9 Å². The number of hydrogen-bond donors (Lipinski definition) is 1. The van der Waals surface area contributed by atoms with E-state index in [9.17, 15) is 0 Å². The maximum Gasteiger partial charge on any atom is 0.127 e. The van der Waals surface area contributed by atoms with Gasteiger partial charge in [-0.3, -0.25) is 0 Å². The van der Waals surface area contributed by atoms with E-state index in [4.69, 9.17) is 16.3 Å². The van der Waals surface area contributed by atoms with Crippen molar-refractivity contribution in [3.63, 3.8) is 0 Å². The molecule has 1 aromatic carbocycles. The predicted molar refractivity (Wildman–Crippen MR) is 87.0 cm³/mol. The van der Waals surface area contributed by atoms with Crippen LogP contribution in [0.1, 0.15) is 36.8 Å². The zero-order chi connectivity index (χ0) is 13.9. The number of fused-ring (bicyclic) bond motifs is 1. The van der Waals surface area contributed by atoms with Gasteiger partial charge in [-0.05, 0) is 49.6 Å². The predicted octanol–water partition coefficient (Wildman–Crippen LogP) is 4.04. The average Bonchev–Trinajstić information content (AvgIpc) is 2.93. The molecule has 2 aliphatic rings. The number of benzene rings is 1. The quantitative estimate of drug-likeness (QED) is 0.907. The van der Waals surface area contributed by atoms with Gasteiger partial charge in [0.05, 0.1) is 6.61 Å². The second-order valence-corrected chi connectivity index (χ2v) is 7.32. The van der Waals surface area contributed by atoms with E-state index in [1.54, 1.807) is 0 Å². The fraction of sp³-hybridized carbons (Fsp3) is 0.625. The van der Waals surface area contributed by atoms with Gasteiger partial charge in [0.15, 0.2) is 0 Å². The third kappa shape index (κ3) is 3.26. The van der Waals surface area contributed by atoms with Crippen LogP contribution in [0.4, 0.5) is 0 Å². The minimum Gasteiger partial charge on any atom is -0.493 e. The van der Waals surface area contributed by atoms with Crippen LogP contribution in [-0.2, 0) is 13.0 Å². The van der Waals surface area contributed by atoms with Crippen LogP contribution in [0.15, 0.2) is 12.1 Å². The molecule has 1 aliphatic heterocycles. The van der Waals surface area contributed by atoms with E-state index in [1.807, 2.05) is 23.9 Å². The van der Waals surface area contributed by atoms with Crippen molar-refractivity contribution in [1.29, 1.82) is 0 Å². The van der Waals surface area contributed by atoms with Gasteiger partial charge in [0.2, 0.25) is 0 Å². The van der Waals surface area contributed by atoms with Gasteiger partial charge >= 0.3 is 0 Å². The van der Waals surface area contributed by atoms with E-state index in [0.717, 1.165) is 35.6 Å². The third-order valence-corrected chi connectivity index (χ3v) is 5.77. The third-order valence-electron chi connectivity index (χ3n) is 4.41. The number of rotatable bonds is 4. The summed E-state index contributed by atoms with van der Waals surface area (Å²) in [4.78, 5) is 0. The van der Waals surface area contributed by atoms with Crippen LogP contribution >= 0.6 is 23.4 Å². The molecule has 0 amide bonds. The molecule has 3 rings (SSSR count). The van der Waals surface area contributed by atoms with Gasteiger partial charge in [-0.1, -0.05) is 11.6 Å². The summed E-state index contributed by atoms with van der Waals surface area (Å²) in [5, 5.41) is 5.39. The summed E-state index contributed by atoms with van der Waals surface area (Å²) in [6, 6.07) is 4.73. The molecule has 20 heavy (non-hydrogen) atoms. The number of thioether (sulfide) groups is 1. The standard InChI is InChI=1S/C16H22ClNOS/c1-20-15-4-2-14(3-5-15)18-10-12-9-13(17)8-11-6-7-19-16(11)12/h8-9,14-15,18H,2-7,10H2,1H3. The highest BCUT2D eigenvalue weighted by atomic mass is 35.5. The molecule has 1 aliphatic carbocycles. The van der Waals surface area contributed by atoms with E-state index < -0.39 is 0 Å². The van der Waals surface area contributed by atoms with Gasteiger partial charge in [-0.15, -0.1) is 0 Å². The molecule has 1 fully saturated rings. The second kappa shape index (κ2) is 6.59. The Bertz CT molecular complexity index is 472. The van der Waals surface area contributed by atoms with Crippen LogP contribution in [0, 0.1) is 0 Å². The molecule has 0 spiro atoms. The molecule has 0 saturated heterocycles. The zero-order valence-corrected chi connectivity index (χ0v) is 13.5.